The highest BCUT2D eigenvalue weighted by Gasteiger charge is 2.20. The molecule has 1 rings (SSSR count). The molecule has 0 radical (unpaired) electrons. The van der Waals surface area contributed by atoms with Gasteiger partial charge in [0.25, 0.3) is 0 Å². The minimum atomic E-state index is -1.73. The van der Waals surface area contributed by atoms with Crippen molar-refractivity contribution in [2.75, 3.05) is 6.61 Å². The van der Waals surface area contributed by atoms with Crippen LogP contribution in [-0.2, 0) is 20.7 Å². The predicted octanol–water partition coefficient (Wildman–Crippen LogP) is 1.11. The molecule has 1 aromatic rings. The van der Waals surface area contributed by atoms with E-state index in [4.69, 9.17) is 9.84 Å². The molecule has 6 heteroatoms. The van der Waals surface area contributed by atoms with E-state index in [1.54, 1.807) is 6.92 Å². The van der Waals surface area contributed by atoms with Gasteiger partial charge in [-0.1, -0.05) is 12.1 Å². The molecule has 2 N–H and O–H groups in total. The number of ether oxygens (including phenoxy) is 1. The highest BCUT2D eigenvalue weighted by atomic mass is 16.5. The number of aliphatic hydroxyl groups excluding tert-OH is 1. The van der Waals surface area contributed by atoms with Crippen LogP contribution in [0, 0.1) is 0 Å². The maximum absolute atomic E-state index is 11.3. The van der Waals surface area contributed by atoms with Gasteiger partial charge in [0.1, 0.15) is 6.29 Å². The Morgan fingerprint density at radius 2 is 2.10 bits per heavy atom. The van der Waals surface area contributed by atoms with E-state index in [0.717, 1.165) is 0 Å². The molecule has 0 saturated heterocycles. The zero-order valence-corrected chi connectivity index (χ0v) is 11.0. The largest absolute Gasteiger partial charge is 0.479 e. The second kappa shape index (κ2) is 7.40. The van der Waals surface area contributed by atoms with Gasteiger partial charge in [0.05, 0.1) is 6.61 Å². The summed E-state index contributed by atoms with van der Waals surface area (Å²) in [6, 6.07) is 4.35. The number of aliphatic carboxylic acids is 1. The van der Waals surface area contributed by atoms with E-state index in [2.05, 4.69) is 0 Å². The van der Waals surface area contributed by atoms with E-state index in [1.165, 1.54) is 18.2 Å². The zero-order chi connectivity index (χ0) is 15.1. The molecule has 0 aliphatic rings. The lowest BCUT2D eigenvalue weighted by Crippen LogP contribution is -2.14. The molecule has 108 valence electrons. The number of carbonyl (C=O) groups is 3. The molecular weight excluding hydrogens is 264 g/mol. The number of carboxylic acids is 1. The lowest BCUT2D eigenvalue weighted by atomic mass is 9.96. The summed E-state index contributed by atoms with van der Waals surface area (Å²) in [7, 11) is 0. The number of carboxylic acid groups (broad SMARTS) is 1. The van der Waals surface area contributed by atoms with Crippen molar-refractivity contribution in [1.82, 2.24) is 0 Å². The minimum Gasteiger partial charge on any atom is -0.479 e. The standard InChI is InChI=1S/C14H16O6/c1-2-20-12(16)6-5-10-4-3-9(8-15)7-11(10)13(17)14(18)19/h3-4,7-8,13,17H,2,5-6H2,1H3,(H,18,19). The van der Waals surface area contributed by atoms with Crippen LogP contribution < -0.4 is 0 Å². The molecule has 0 aromatic heterocycles. The van der Waals surface area contributed by atoms with E-state index in [9.17, 15) is 19.5 Å². The number of aryl methyl sites for hydroxylation is 1. The maximum atomic E-state index is 11.3. The maximum Gasteiger partial charge on any atom is 0.337 e. The first-order valence-electron chi connectivity index (χ1n) is 6.14. The number of hydrogen-bond donors (Lipinski definition) is 2. The van der Waals surface area contributed by atoms with Crippen LogP contribution in [0.15, 0.2) is 18.2 Å². The Kier molecular flexibility index (Phi) is 5.86. The van der Waals surface area contributed by atoms with Crippen LogP contribution in [-0.4, -0.2) is 35.0 Å². The Labute approximate surface area is 116 Å². The molecule has 20 heavy (non-hydrogen) atoms. The van der Waals surface area contributed by atoms with Crippen molar-refractivity contribution in [2.45, 2.75) is 25.9 Å². The third-order valence-corrected chi connectivity index (χ3v) is 2.74. The summed E-state index contributed by atoms with van der Waals surface area (Å²) in [5.74, 6) is -1.81. The highest BCUT2D eigenvalue weighted by Crippen LogP contribution is 2.21. The summed E-state index contributed by atoms with van der Waals surface area (Å²) in [5.41, 5.74) is 0.880. The average molecular weight is 280 g/mol. The number of hydrogen-bond acceptors (Lipinski definition) is 5. The first-order chi connectivity index (χ1) is 9.49. The Morgan fingerprint density at radius 3 is 2.65 bits per heavy atom. The van der Waals surface area contributed by atoms with Gasteiger partial charge < -0.3 is 14.9 Å². The molecule has 6 nitrogen and oxygen atoms in total. The van der Waals surface area contributed by atoms with Crippen molar-refractivity contribution in [2.24, 2.45) is 0 Å². The van der Waals surface area contributed by atoms with Crippen molar-refractivity contribution in [3.8, 4) is 0 Å². The first kappa shape index (κ1) is 15.8. The van der Waals surface area contributed by atoms with E-state index in [-0.39, 0.29) is 30.6 Å². The monoisotopic (exact) mass is 280 g/mol. The summed E-state index contributed by atoms with van der Waals surface area (Å²) < 4.78 is 4.78. The van der Waals surface area contributed by atoms with Crippen LogP contribution in [0.2, 0.25) is 0 Å². The van der Waals surface area contributed by atoms with Crippen LogP contribution in [0.5, 0.6) is 0 Å². The third kappa shape index (κ3) is 4.17. The smallest absolute Gasteiger partial charge is 0.337 e. The van der Waals surface area contributed by atoms with Crippen LogP contribution in [0.4, 0.5) is 0 Å². The highest BCUT2D eigenvalue weighted by molar-refractivity contribution is 5.79. The van der Waals surface area contributed by atoms with E-state index >= 15 is 0 Å². The fourth-order valence-corrected chi connectivity index (χ4v) is 1.77. The molecule has 0 bridgehead atoms. The van der Waals surface area contributed by atoms with Gasteiger partial charge in [0.15, 0.2) is 6.10 Å². The molecule has 0 amide bonds. The van der Waals surface area contributed by atoms with Gasteiger partial charge in [-0.2, -0.15) is 0 Å². The number of aldehydes is 1. The van der Waals surface area contributed by atoms with Crippen molar-refractivity contribution < 1.29 is 29.3 Å². The van der Waals surface area contributed by atoms with Gasteiger partial charge in [0.2, 0.25) is 0 Å². The van der Waals surface area contributed by atoms with Gasteiger partial charge in [-0.15, -0.1) is 0 Å². The van der Waals surface area contributed by atoms with E-state index in [0.29, 0.717) is 11.8 Å². The van der Waals surface area contributed by atoms with Gasteiger partial charge >= 0.3 is 11.9 Å². The number of carbonyl (C=O) groups excluding carboxylic acids is 2. The van der Waals surface area contributed by atoms with Gasteiger partial charge in [-0.25, -0.2) is 4.79 Å². The summed E-state index contributed by atoms with van der Waals surface area (Å²) in [6.07, 6.45) is -0.856. The van der Waals surface area contributed by atoms with Crippen molar-refractivity contribution >= 4 is 18.2 Å². The molecule has 0 spiro atoms. The lowest BCUT2D eigenvalue weighted by Gasteiger charge is -2.13. The molecule has 0 aliphatic carbocycles. The molecule has 1 unspecified atom stereocenters. The second-order valence-electron chi connectivity index (χ2n) is 4.12. The van der Waals surface area contributed by atoms with E-state index < -0.39 is 18.0 Å². The van der Waals surface area contributed by atoms with Crippen LogP contribution in [0.25, 0.3) is 0 Å². The Bertz CT molecular complexity index is 508. The SMILES string of the molecule is CCOC(=O)CCc1ccc(C=O)cc1C(O)C(=O)O. The fraction of sp³-hybridized carbons (Fsp3) is 0.357. The number of benzene rings is 1. The first-order valence-corrected chi connectivity index (χ1v) is 6.14. The Morgan fingerprint density at radius 1 is 1.40 bits per heavy atom. The molecule has 0 heterocycles. The van der Waals surface area contributed by atoms with Crippen molar-refractivity contribution in [1.29, 1.82) is 0 Å². The molecule has 1 aromatic carbocycles. The number of rotatable bonds is 7. The quantitative estimate of drug-likeness (QED) is 0.573. The van der Waals surface area contributed by atoms with E-state index in [1.807, 2.05) is 0 Å². The second-order valence-corrected chi connectivity index (χ2v) is 4.12. The van der Waals surface area contributed by atoms with Crippen LogP contribution >= 0.6 is 0 Å². The average Bonchev–Trinajstić information content (AvgIpc) is 2.44. The van der Waals surface area contributed by atoms with Gasteiger partial charge in [0, 0.05) is 12.0 Å². The molecule has 0 fully saturated rings. The van der Waals surface area contributed by atoms with Crippen LogP contribution in [0.1, 0.15) is 40.9 Å². The summed E-state index contributed by atoms with van der Waals surface area (Å²) in [5, 5.41) is 18.5. The topological polar surface area (TPSA) is 101 Å². The summed E-state index contributed by atoms with van der Waals surface area (Å²) >= 11 is 0. The van der Waals surface area contributed by atoms with Gasteiger partial charge in [-0.3, -0.25) is 9.59 Å². The minimum absolute atomic E-state index is 0.0770. The predicted molar refractivity (Wildman–Crippen MR) is 69.4 cm³/mol. The molecule has 1 atom stereocenters. The lowest BCUT2D eigenvalue weighted by molar-refractivity contribution is -0.147. The summed E-state index contributed by atoms with van der Waals surface area (Å²) in [4.78, 5) is 32.9. The summed E-state index contributed by atoms with van der Waals surface area (Å²) in [6.45, 7) is 1.96. The molecular formula is C14H16O6. The number of aliphatic hydroxyl groups is 1. The number of esters is 1. The van der Waals surface area contributed by atoms with Crippen molar-refractivity contribution in [3.63, 3.8) is 0 Å². The molecule has 0 aliphatic heterocycles. The Hall–Kier alpha value is -2.21. The fourth-order valence-electron chi connectivity index (χ4n) is 1.77. The Balaban J connectivity index is 2.96. The van der Waals surface area contributed by atoms with Crippen LogP contribution in [0.3, 0.4) is 0 Å². The third-order valence-electron chi connectivity index (χ3n) is 2.74. The van der Waals surface area contributed by atoms with Crippen molar-refractivity contribution in [3.05, 3.63) is 34.9 Å². The normalized spacial score (nSPS) is 11.7. The zero-order valence-electron chi connectivity index (χ0n) is 11.0. The molecule has 0 saturated carbocycles. The van der Waals surface area contributed by atoms with Gasteiger partial charge in [-0.05, 0) is 30.5 Å².